The van der Waals surface area contributed by atoms with Gasteiger partial charge in [-0.15, -0.1) is 0 Å². The minimum atomic E-state index is -0.569. The minimum absolute atomic E-state index is 0.111. The molecule has 1 unspecified atom stereocenters. The van der Waals surface area contributed by atoms with E-state index in [4.69, 9.17) is 0 Å². The fourth-order valence-electron chi connectivity index (χ4n) is 1.56. The van der Waals surface area contributed by atoms with Gasteiger partial charge in [-0.05, 0) is 5.56 Å². The number of hydrogen-bond acceptors (Lipinski definition) is 4. The molecule has 90 valence electrons. The predicted molar refractivity (Wildman–Crippen MR) is 61.3 cm³/mol. The van der Waals surface area contributed by atoms with Crippen LogP contribution in [0.2, 0.25) is 0 Å². The molecule has 0 aliphatic carbocycles. The Bertz CT molecular complexity index is 427. The molecule has 17 heavy (non-hydrogen) atoms. The second-order valence-corrected chi connectivity index (χ2v) is 3.81. The average molecular weight is 235 g/mol. The summed E-state index contributed by atoms with van der Waals surface area (Å²) in [6.45, 7) is 0.833. The van der Waals surface area contributed by atoms with Gasteiger partial charge in [-0.3, -0.25) is 19.7 Å². The molecule has 0 aliphatic heterocycles. The van der Waals surface area contributed by atoms with E-state index in [0.717, 1.165) is 0 Å². The number of carbonyl (C=O) groups is 2. The fraction of sp³-hybridized carbons (Fsp3) is 0.333. The summed E-state index contributed by atoms with van der Waals surface area (Å²) < 4.78 is 0. The highest BCUT2D eigenvalue weighted by Crippen LogP contribution is 2.20. The van der Waals surface area contributed by atoms with Gasteiger partial charge in [-0.1, -0.05) is 30.3 Å². The Balaban J connectivity index is 2.85. The lowest BCUT2D eigenvalue weighted by atomic mass is 9.93. The highest BCUT2D eigenvalue weighted by Gasteiger charge is 2.22. The number of nitrogens with zero attached hydrogens (tertiary/aromatic N) is 1. The molecule has 0 aliphatic rings. The van der Waals surface area contributed by atoms with Crippen LogP contribution in [0.4, 0.5) is 0 Å². The Morgan fingerprint density at radius 3 is 2.35 bits per heavy atom. The van der Waals surface area contributed by atoms with Crippen LogP contribution >= 0.6 is 0 Å². The van der Waals surface area contributed by atoms with Crippen molar-refractivity contribution in [3.63, 3.8) is 0 Å². The Morgan fingerprint density at radius 1 is 1.29 bits per heavy atom. The first kappa shape index (κ1) is 13.0. The lowest BCUT2D eigenvalue weighted by Gasteiger charge is -2.11. The minimum Gasteiger partial charge on any atom is -0.291 e. The number of ketones is 2. The molecule has 1 atom stereocenters. The molecule has 0 bridgehead atoms. The molecule has 0 amide bonds. The van der Waals surface area contributed by atoms with Crippen molar-refractivity contribution in [3.8, 4) is 0 Å². The number of Topliss-reactive ketones (excluding diaryl/α,β-unsaturated/α-hetero) is 2. The summed E-state index contributed by atoms with van der Waals surface area (Å²) in [5, 5.41) is 10.5. The van der Waals surface area contributed by atoms with E-state index in [1.807, 2.05) is 0 Å². The molecule has 0 heterocycles. The molecule has 0 spiro atoms. The van der Waals surface area contributed by atoms with E-state index >= 15 is 0 Å². The number of nitro groups is 1. The predicted octanol–water partition coefficient (Wildman–Crippen LogP) is 1.60. The van der Waals surface area contributed by atoms with Crippen LogP contribution in [-0.4, -0.2) is 23.0 Å². The Morgan fingerprint density at radius 2 is 1.88 bits per heavy atom. The third-order valence-corrected chi connectivity index (χ3v) is 2.46. The molecule has 1 aromatic rings. The maximum atomic E-state index is 11.3. The molecule has 0 N–H and O–H groups in total. The topological polar surface area (TPSA) is 77.3 Å². The number of carbonyl (C=O) groups excluding carboxylic acids is 2. The molecule has 1 rings (SSSR count). The molecular weight excluding hydrogens is 222 g/mol. The first-order valence-electron chi connectivity index (χ1n) is 5.21. The quantitative estimate of drug-likeness (QED) is 0.426. The zero-order valence-corrected chi connectivity index (χ0v) is 9.46. The summed E-state index contributed by atoms with van der Waals surface area (Å²) in [6, 6.07) is 8.74. The second kappa shape index (κ2) is 5.89. The zero-order valence-electron chi connectivity index (χ0n) is 9.46. The van der Waals surface area contributed by atoms with Crippen molar-refractivity contribution < 1.29 is 14.5 Å². The van der Waals surface area contributed by atoms with Gasteiger partial charge < -0.3 is 0 Å². The van der Waals surface area contributed by atoms with Crippen molar-refractivity contribution in [3.05, 3.63) is 46.0 Å². The van der Waals surface area contributed by atoms with Gasteiger partial charge in [-0.2, -0.15) is 0 Å². The highest BCUT2D eigenvalue weighted by atomic mass is 16.6. The summed E-state index contributed by atoms with van der Waals surface area (Å²) in [7, 11) is 0. The van der Waals surface area contributed by atoms with Crippen molar-refractivity contribution >= 4 is 11.6 Å². The van der Waals surface area contributed by atoms with Crippen molar-refractivity contribution in [2.24, 2.45) is 0 Å². The van der Waals surface area contributed by atoms with Crippen molar-refractivity contribution in [1.29, 1.82) is 0 Å². The third kappa shape index (κ3) is 4.14. The molecule has 0 saturated heterocycles. The van der Waals surface area contributed by atoms with Gasteiger partial charge in [-0.25, -0.2) is 0 Å². The molecule has 1 aromatic carbocycles. The SMILES string of the molecule is CC(=O)C(=O)CC(C[N+](=O)[O-])c1ccccc1. The maximum Gasteiger partial charge on any atom is 0.211 e. The van der Waals surface area contributed by atoms with Crippen LogP contribution in [0.25, 0.3) is 0 Å². The molecule has 0 fully saturated rings. The monoisotopic (exact) mass is 235 g/mol. The zero-order chi connectivity index (χ0) is 12.8. The maximum absolute atomic E-state index is 11.3. The Labute approximate surface area is 98.6 Å². The van der Waals surface area contributed by atoms with E-state index < -0.39 is 22.4 Å². The number of hydrogen-bond donors (Lipinski definition) is 0. The highest BCUT2D eigenvalue weighted by molar-refractivity contribution is 6.36. The van der Waals surface area contributed by atoms with Crippen LogP contribution in [0.1, 0.15) is 24.8 Å². The van der Waals surface area contributed by atoms with Crippen LogP contribution in [0, 0.1) is 10.1 Å². The smallest absolute Gasteiger partial charge is 0.211 e. The molecule has 0 saturated carbocycles. The Kier molecular flexibility index (Phi) is 4.51. The number of benzene rings is 1. The third-order valence-electron chi connectivity index (χ3n) is 2.46. The van der Waals surface area contributed by atoms with Crippen molar-refractivity contribution in [2.75, 3.05) is 6.54 Å². The van der Waals surface area contributed by atoms with Crippen molar-refractivity contribution in [2.45, 2.75) is 19.3 Å². The van der Waals surface area contributed by atoms with Crippen molar-refractivity contribution in [1.82, 2.24) is 0 Å². The van der Waals surface area contributed by atoms with Gasteiger partial charge >= 0.3 is 0 Å². The fourth-order valence-corrected chi connectivity index (χ4v) is 1.56. The number of rotatable bonds is 6. The van der Waals surface area contributed by atoms with Gasteiger partial charge in [0.25, 0.3) is 0 Å². The van der Waals surface area contributed by atoms with E-state index in [9.17, 15) is 19.7 Å². The van der Waals surface area contributed by atoms with Gasteiger partial charge in [0, 0.05) is 18.3 Å². The van der Waals surface area contributed by atoms with Crippen LogP contribution in [-0.2, 0) is 9.59 Å². The van der Waals surface area contributed by atoms with E-state index in [1.165, 1.54) is 6.92 Å². The van der Waals surface area contributed by atoms with Gasteiger partial charge in [0.05, 0.1) is 5.92 Å². The summed E-state index contributed by atoms with van der Waals surface area (Å²) in [4.78, 5) is 32.3. The summed E-state index contributed by atoms with van der Waals surface area (Å²) in [5.41, 5.74) is 0.707. The molecule has 5 nitrogen and oxygen atoms in total. The molecule has 0 aromatic heterocycles. The molecular formula is C12H13NO4. The van der Waals surface area contributed by atoms with Gasteiger partial charge in [0.15, 0.2) is 11.6 Å². The first-order chi connectivity index (χ1) is 8.00. The standard InChI is InChI=1S/C12H13NO4/c1-9(14)12(15)7-11(8-13(16)17)10-5-3-2-4-6-10/h2-6,11H,7-8H2,1H3. The van der Waals surface area contributed by atoms with Crippen LogP contribution in [0.5, 0.6) is 0 Å². The van der Waals surface area contributed by atoms with Crippen LogP contribution < -0.4 is 0 Å². The second-order valence-electron chi connectivity index (χ2n) is 3.81. The van der Waals surface area contributed by atoms with E-state index in [0.29, 0.717) is 5.56 Å². The summed E-state index contributed by atoms with van der Waals surface area (Å²) in [6.07, 6.45) is -0.111. The van der Waals surface area contributed by atoms with E-state index in [1.54, 1.807) is 30.3 Å². The first-order valence-corrected chi connectivity index (χ1v) is 5.21. The molecule has 5 heteroatoms. The summed E-state index contributed by atoms with van der Waals surface area (Å²) in [5.74, 6) is -1.67. The lowest BCUT2D eigenvalue weighted by molar-refractivity contribution is -0.483. The van der Waals surface area contributed by atoms with Gasteiger partial charge in [0.2, 0.25) is 6.54 Å². The summed E-state index contributed by atoms with van der Waals surface area (Å²) >= 11 is 0. The largest absolute Gasteiger partial charge is 0.291 e. The van der Waals surface area contributed by atoms with Gasteiger partial charge in [0.1, 0.15) is 0 Å². The van der Waals surface area contributed by atoms with Crippen LogP contribution in [0.3, 0.4) is 0 Å². The lowest BCUT2D eigenvalue weighted by Crippen LogP contribution is -2.19. The molecule has 0 radical (unpaired) electrons. The Hall–Kier alpha value is -2.04. The van der Waals surface area contributed by atoms with Crippen LogP contribution in [0.15, 0.2) is 30.3 Å². The van der Waals surface area contributed by atoms with E-state index in [-0.39, 0.29) is 13.0 Å². The van der Waals surface area contributed by atoms with E-state index in [2.05, 4.69) is 0 Å². The average Bonchev–Trinajstić information content (AvgIpc) is 2.28. The normalized spacial score (nSPS) is 11.8.